The summed E-state index contributed by atoms with van der Waals surface area (Å²) in [5.74, 6) is 1.06. The number of nitrogens with one attached hydrogen (secondary N) is 1. The number of benzene rings is 1. The molecule has 0 unspecified atom stereocenters. The van der Waals surface area contributed by atoms with Crippen molar-refractivity contribution in [1.82, 2.24) is 0 Å². The molecule has 2 nitrogen and oxygen atoms in total. The number of nitrogens with zero attached hydrogens (tertiary/aromatic N) is 1. The van der Waals surface area contributed by atoms with E-state index < -0.39 is 0 Å². The van der Waals surface area contributed by atoms with Gasteiger partial charge in [-0.25, -0.2) is 0 Å². The zero-order valence-electron chi connectivity index (χ0n) is 10.3. The first-order valence-electron chi connectivity index (χ1n) is 5.53. The summed E-state index contributed by atoms with van der Waals surface area (Å²) in [5.41, 5.74) is 3.78. The second-order valence-electron chi connectivity index (χ2n) is 4.96. The molecule has 0 radical (unpaired) electrons. The van der Waals surface area contributed by atoms with Crippen molar-refractivity contribution < 1.29 is 0 Å². The first-order valence-corrected chi connectivity index (χ1v) is 6.52. The third kappa shape index (κ3) is 2.59. The van der Waals surface area contributed by atoms with Crippen molar-refractivity contribution in [2.75, 3.05) is 11.1 Å². The molecule has 0 saturated heterocycles. The summed E-state index contributed by atoms with van der Waals surface area (Å²) < 4.78 is 0. The lowest BCUT2D eigenvalue weighted by molar-refractivity contribution is 0.605. The Kier molecular flexibility index (Phi) is 2.98. The van der Waals surface area contributed by atoms with Crippen LogP contribution < -0.4 is 5.32 Å². The Morgan fingerprint density at radius 2 is 2.06 bits per heavy atom. The molecule has 0 aromatic heterocycles. The minimum absolute atomic E-state index is 0.0741. The van der Waals surface area contributed by atoms with E-state index in [1.54, 1.807) is 11.8 Å². The van der Waals surface area contributed by atoms with E-state index in [0.29, 0.717) is 0 Å². The first-order chi connectivity index (χ1) is 7.46. The highest BCUT2D eigenvalue weighted by Crippen LogP contribution is 2.28. The van der Waals surface area contributed by atoms with Gasteiger partial charge < -0.3 is 5.32 Å². The molecule has 1 N–H and O–H groups in total. The van der Waals surface area contributed by atoms with Gasteiger partial charge in [0, 0.05) is 11.4 Å². The topological polar surface area (TPSA) is 24.4 Å². The number of thioether (sulfide) groups is 1. The van der Waals surface area contributed by atoms with Gasteiger partial charge in [-0.15, -0.1) is 0 Å². The highest BCUT2D eigenvalue weighted by atomic mass is 32.2. The van der Waals surface area contributed by atoms with Crippen LogP contribution in [0.5, 0.6) is 0 Å². The Morgan fingerprint density at radius 1 is 1.31 bits per heavy atom. The maximum atomic E-state index is 4.65. The smallest absolute Gasteiger partial charge is 0.161 e. The number of aliphatic imine (C=N–C) groups is 1. The molecule has 0 atom stereocenters. The Morgan fingerprint density at radius 3 is 2.69 bits per heavy atom. The molecular weight excluding hydrogens is 216 g/mol. The molecule has 3 heteroatoms. The number of aryl methyl sites for hydroxylation is 2. The van der Waals surface area contributed by atoms with Gasteiger partial charge in [-0.2, -0.15) is 0 Å². The van der Waals surface area contributed by atoms with E-state index in [-0.39, 0.29) is 5.54 Å². The Bertz CT molecular complexity index is 436. The molecule has 86 valence electrons. The van der Waals surface area contributed by atoms with Crippen molar-refractivity contribution in [3.8, 4) is 0 Å². The summed E-state index contributed by atoms with van der Waals surface area (Å²) in [6.07, 6.45) is 0. The monoisotopic (exact) mass is 234 g/mol. The number of anilines is 1. The lowest BCUT2D eigenvalue weighted by Gasteiger charge is -2.10. The van der Waals surface area contributed by atoms with Gasteiger partial charge in [0.15, 0.2) is 5.17 Å². The number of hydrogen-bond acceptors (Lipinski definition) is 3. The molecule has 0 aliphatic carbocycles. The maximum Gasteiger partial charge on any atom is 0.161 e. The van der Waals surface area contributed by atoms with Gasteiger partial charge in [-0.05, 0) is 44.9 Å². The molecule has 0 bridgehead atoms. The second kappa shape index (κ2) is 4.13. The van der Waals surface area contributed by atoms with E-state index in [9.17, 15) is 0 Å². The minimum Gasteiger partial charge on any atom is -0.335 e. The molecule has 2 rings (SSSR count). The van der Waals surface area contributed by atoms with Crippen LogP contribution in [0.2, 0.25) is 0 Å². The summed E-state index contributed by atoms with van der Waals surface area (Å²) in [7, 11) is 0. The van der Waals surface area contributed by atoms with Crippen molar-refractivity contribution in [2.45, 2.75) is 33.2 Å². The Balaban J connectivity index is 2.19. The maximum absolute atomic E-state index is 4.65. The molecule has 0 amide bonds. The van der Waals surface area contributed by atoms with E-state index in [0.717, 1.165) is 10.9 Å². The summed E-state index contributed by atoms with van der Waals surface area (Å²) >= 11 is 1.80. The summed E-state index contributed by atoms with van der Waals surface area (Å²) in [5, 5.41) is 4.46. The molecule has 0 spiro atoms. The SMILES string of the molecule is Cc1ccc(C)c(NC2=NC(C)(C)CS2)c1. The average Bonchev–Trinajstić information content (AvgIpc) is 2.52. The van der Waals surface area contributed by atoms with Crippen LogP contribution in [-0.2, 0) is 0 Å². The average molecular weight is 234 g/mol. The quantitative estimate of drug-likeness (QED) is 0.803. The summed E-state index contributed by atoms with van der Waals surface area (Å²) in [4.78, 5) is 4.65. The Hall–Kier alpha value is -0.960. The van der Waals surface area contributed by atoms with Crippen molar-refractivity contribution in [2.24, 2.45) is 4.99 Å². The van der Waals surface area contributed by atoms with Gasteiger partial charge in [-0.1, -0.05) is 23.9 Å². The summed E-state index contributed by atoms with van der Waals surface area (Å²) in [6, 6.07) is 6.45. The molecule has 1 aliphatic heterocycles. The number of rotatable bonds is 1. The van der Waals surface area contributed by atoms with Gasteiger partial charge in [0.2, 0.25) is 0 Å². The first kappa shape index (κ1) is 11.5. The number of hydrogen-bond donors (Lipinski definition) is 1. The highest BCUT2D eigenvalue weighted by molar-refractivity contribution is 8.14. The number of amidine groups is 1. The second-order valence-corrected chi connectivity index (χ2v) is 5.93. The third-order valence-corrected chi connectivity index (χ3v) is 3.92. The summed E-state index contributed by atoms with van der Waals surface area (Å²) in [6.45, 7) is 8.56. The van der Waals surface area contributed by atoms with Crippen molar-refractivity contribution >= 4 is 22.6 Å². The van der Waals surface area contributed by atoms with E-state index in [4.69, 9.17) is 0 Å². The normalized spacial score (nSPS) is 18.4. The van der Waals surface area contributed by atoms with Gasteiger partial charge in [0.25, 0.3) is 0 Å². The van der Waals surface area contributed by atoms with Crippen LogP contribution in [0.3, 0.4) is 0 Å². The molecular formula is C13H18N2S. The van der Waals surface area contributed by atoms with Crippen LogP contribution in [-0.4, -0.2) is 16.5 Å². The van der Waals surface area contributed by atoms with Crippen LogP contribution in [0.1, 0.15) is 25.0 Å². The van der Waals surface area contributed by atoms with Gasteiger partial charge >= 0.3 is 0 Å². The van der Waals surface area contributed by atoms with E-state index in [2.05, 4.69) is 56.2 Å². The predicted molar refractivity (Wildman–Crippen MR) is 73.5 cm³/mol. The molecule has 1 aromatic carbocycles. The lowest BCUT2D eigenvalue weighted by Crippen LogP contribution is -2.15. The van der Waals surface area contributed by atoms with Crippen LogP contribution >= 0.6 is 11.8 Å². The zero-order chi connectivity index (χ0) is 11.8. The Labute approximate surface area is 102 Å². The standard InChI is InChI=1S/C13H18N2S/c1-9-5-6-10(2)11(7-9)14-12-15-13(3,4)8-16-12/h5-7H,8H2,1-4H3,(H,14,15). The van der Waals surface area contributed by atoms with Crippen LogP contribution in [0.15, 0.2) is 23.2 Å². The zero-order valence-corrected chi connectivity index (χ0v) is 11.1. The molecule has 0 saturated carbocycles. The van der Waals surface area contributed by atoms with Gasteiger partial charge in [0.05, 0.1) is 5.54 Å². The van der Waals surface area contributed by atoms with Crippen LogP contribution in [0.25, 0.3) is 0 Å². The van der Waals surface area contributed by atoms with Crippen LogP contribution in [0, 0.1) is 13.8 Å². The van der Waals surface area contributed by atoms with Crippen molar-refractivity contribution in [3.63, 3.8) is 0 Å². The van der Waals surface area contributed by atoms with Gasteiger partial charge in [-0.3, -0.25) is 4.99 Å². The predicted octanol–water partition coefficient (Wildman–Crippen LogP) is 3.60. The lowest BCUT2D eigenvalue weighted by atomic mass is 10.1. The van der Waals surface area contributed by atoms with Crippen molar-refractivity contribution in [1.29, 1.82) is 0 Å². The molecule has 0 fully saturated rings. The largest absolute Gasteiger partial charge is 0.335 e. The molecule has 1 heterocycles. The molecule has 16 heavy (non-hydrogen) atoms. The highest BCUT2D eigenvalue weighted by Gasteiger charge is 2.25. The fourth-order valence-corrected chi connectivity index (χ4v) is 2.68. The van der Waals surface area contributed by atoms with E-state index in [1.165, 1.54) is 16.8 Å². The fourth-order valence-electron chi connectivity index (χ4n) is 1.63. The van der Waals surface area contributed by atoms with Crippen molar-refractivity contribution in [3.05, 3.63) is 29.3 Å². The fraction of sp³-hybridized carbons (Fsp3) is 0.462. The van der Waals surface area contributed by atoms with Gasteiger partial charge in [0.1, 0.15) is 0 Å². The minimum atomic E-state index is 0.0741. The molecule has 1 aliphatic rings. The van der Waals surface area contributed by atoms with E-state index in [1.807, 2.05) is 0 Å². The van der Waals surface area contributed by atoms with E-state index >= 15 is 0 Å². The molecule has 1 aromatic rings. The third-order valence-electron chi connectivity index (χ3n) is 2.60. The van der Waals surface area contributed by atoms with Crippen LogP contribution in [0.4, 0.5) is 5.69 Å².